The summed E-state index contributed by atoms with van der Waals surface area (Å²) in [6.07, 6.45) is 3.53. The van der Waals surface area contributed by atoms with Crippen LogP contribution < -0.4 is 9.64 Å². The second kappa shape index (κ2) is 6.58. The van der Waals surface area contributed by atoms with E-state index in [1.165, 1.54) is 6.42 Å². The van der Waals surface area contributed by atoms with Crippen molar-refractivity contribution in [1.29, 1.82) is 0 Å². The van der Waals surface area contributed by atoms with Crippen LogP contribution in [0.1, 0.15) is 19.3 Å². The fraction of sp³-hybridized carbons (Fsp3) is 0.357. The first-order valence-corrected chi connectivity index (χ1v) is 7.98. The summed E-state index contributed by atoms with van der Waals surface area (Å²) >= 11 is 9.42. The molecule has 0 spiro atoms. The van der Waals surface area contributed by atoms with Gasteiger partial charge in [0, 0.05) is 13.1 Å². The van der Waals surface area contributed by atoms with Crippen LogP contribution in [0.4, 0.5) is 5.95 Å². The van der Waals surface area contributed by atoms with Gasteiger partial charge in [-0.15, -0.1) is 0 Å². The van der Waals surface area contributed by atoms with E-state index in [-0.39, 0.29) is 11.3 Å². The lowest BCUT2D eigenvalue weighted by atomic mass is 10.1. The average molecular weight is 370 g/mol. The molecule has 0 atom stereocenters. The van der Waals surface area contributed by atoms with Crippen LogP contribution in [0.2, 0.25) is 5.28 Å². The topological polar surface area (TPSA) is 51.1 Å². The number of benzene rings is 1. The number of para-hydroxylation sites is 1. The van der Waals surface area contributed by atoms with Gasteiger partial charge in [0.05, 0.1) is 4.47 Å². The van der Waals surface area contributed by atoms with E-state index in [9.17, 15) is 0 Å². The predicted octanol–water partition coefficient (Wildman–Crippen LogP) is 4.07. The average Bonchev–Trinajstić information content (AvgIpc) is 2.50. The van der Waals surface area contributed by atoms with Crippen molar-refractivity contribution in [1.82, 2.24) is 15.0 Å². The lowest BCUT2D eigenvalue weighted by Gasteiger charge is -2.26. The molecule has 21 heavy (non-hydrogen) atoms. The Bertz CT molecular complexity index is 634. The van der Waals surface area contributed by atoms with Crippen LogP contribution in [0.5, 0.6) is 11.8 Å². The number of hydrogen-bond donors (Lipinski definition) is 0. The monoisotopic (exact) mass is 368 g/mol. The van der Waals surface area contributed by atoms with Crippen molar-refractivity contribution in [2.45, 2.75) is 19.3 Å². The number of halogens is 2. The molecule has 0 unspecified atom stereocenters. The molecule has 0 saturated carbocycles. The summed E-state index contributed by atoms with van der Waals surface area (Å²) in [4.78, 5) is 14.7. The van der Waals surface area contributed by atoms with E-state index < -0.39 is 0 Å². The van der Waals surface area contributed by atoms with Crippen molar-refractivity contribution < 1.29 is 4.74 Å². The fourth-order valence-electron chi connectivity index (χ4n) is 2.23. The Morgan fingerprint density at radius 2 is 1.81 bits per heavy atom. The Kier molecular flexibility index (Phi) is 4.55. The maximum Gasteiger partial charge on any atom is 0.328 e. The maximum atomic E-state index is 5.99. The van der Waals surface area contributed by atoms with E-state index in [0.29, 0.717) is 11.7 Å². The molecular formula is C14H14BrClN4O. The number of anilines is 1. The van der Waals surface area contributed by atoms with E-state index in [4.69, 9.17) is 16.3 Å². The third kappa shape index (κ3) is 3.63. The molecule has 0 amide bonds. The summed E-state index contributed by atoms with van der Waals surface area (Å²) in [6.45, 7) is 1.88. The first kappa shape index (κ1) is 14.5. The van der Waals surface area contributed by atoms with Gasteiger partial charge in [-0.05, 0) is 58.9 Å². The van der Waals surface area contributed by atoms with Crippen LogP contribution in [0, 0.1) is 0 Å². The highest BCUT2D eigenvalue weighted by Crippen LogP contribution is 2.28. The summed E-state index contributed by atoms with van der Waals surface area (Å²) in [7, 11) is 0. The lowest BCUT2D eigenvalue weighted by Crippen LogP contribution is -2.31. The second-order valence-electron chi connectivity index (χ2n) is 4.77. The van der Waals surface area contributed by atoms with Crippen LogP contribution in [0.25, 0.3) is 0 Å². The summed E-state index contributed by atoms with van der Waals surface area (Å²) in [6, 6.07) is 7.74. The van der Waals surface area contributed by atoms with Gasteiger partial charge in [-0.3, -0.25) is 0 Å². The maximum absolute atomic E-state index is 5.99. The molecule has 5 nitrogen and oxygen atoms in total. The predicted molar refractivity (Wildman–Crippen MR) is 85.1 cm³/mol. The molecule has 1 aromatic carbocycles. The van der Waals surface area contributed by atoms with Crippen molar-refractivity contribution in [3.8, 4) is 11.8 Å². The molecule has 0 aliphatic carbocycles. The zero-order valence-electron chi connectivity index (χ0n) is 11.3. The van der Waals surface area contributed by atoms with Crippen LogP contribution in [0.3, 0.4) is 0 Å². The number of rotatable bonds is 3. The minimum absolute atomic E-state index is 0.146. The molecule has 3 rings (SSSR count). The van der Waals surface area contributed by atoms with Gasteiger partial charge in [-0.25, -0.2) is 0 Å². The van der Waals surface area contributed by atoms with E-state index in [2.05, 4.69) is 35.8 Å². The molecular weight excluding hydrogens is 356 g/mol. The van der Waals surface area contributed by atoms with Gasteiger partial charge in [-0.1, -0.05) is 12.1 Å². The summed E-state index contributed by atoms with van der Waals surface area (Å²) in [5.41, 5.74) is 0. The zero-order chi connectivity index (χ0) is 14.7. The molecule has 0 radical (unpaired) electrons. The molecule has 7 heteroatoms. The molecule has 110 valence electrons. The fourth-order valence-corrected chi connectivity index (χ4v) is 2.74. The van der Waals surface area contributed by atoms with Gasteiger partial charge >= 0.3 is 6.01 Å². The Morgan fingerprint density at radius 3 is 2.57 bits per heavy atom. The smallest absolute Gasteiger partial charge is 0.328 e. The molecule has 1 saturated heterocycles. The first-order valence-electron chi connectivity index (χ1n) is 6.81. The number of ether oxygens (including phenoxy) is 1. The van der Waals surface area contributed by atoms with Crippen LogP contribution in [0.15, 0.2) is 28.7 Å². The van der Waals surface area contributed by atoms with Crippen LogP contribution >= 0.6 is 27.5 Å². The zero-order valence-corrected chi connectivity index (χ0v) is 13.6. The van der Waals surface area contributed by atoms with Gasteiger partial charge in [0.1, 0.15) is 5.75 Å². The van der Waals surface area contributed by atoms with E-state index >= 15 is 0 Å². The molecule has 1 aromatic heterocycles. The number of piperidine rings is 1. The SMILES string of the molecule is Clc1nc(Oc2ccccc2Br)nc(N2CCCCC2)n1. The standard InChI is InChI=1S/C14H14BrClN4O/c15-10-6-2-3-7-11(10)21-14-18-12(16)17-13(19-14)20-8-4-1-5-9-20/h2-3,6-7H,1,4-5,8-9H2. The Balaban J connectivity index is 1.85. The number of nitrogens with zero attached hydrogens (tertiary/aromatic N) is 4. The normalized spacial score (nSPS) is 15.0. The van der Waals surface area contributed by atoms with Crippen LogP contribution in [-0.2, 0) is 0 Å². The third-order valence-electron chi connectivity index (χ3n) is 3.25. The molecule has 0 N–H and O–H groups in total. The lowest BCUT2D eigenvalue weighted by molar-refractivity contribution is 0.435. The third-order valence-corrected chi connectivity index (χ3v) is 4.08. The molecule has 1 aliphatic heterocycles. The van der Waals surface area contributed by atoms with Crippen molar-refractivity contribution in [3.05, 3.63) is 34.0 Å². The minimum Gasteiger partial charge on any atom is -0.423 e. The van der Waals surface area contributed by atoms with Gasteiger partial charge < -0.3 is 9.64 Å². The molecule has 1 fully saturated rings. The van der Waals surface area contributed by atoms with Gasteiger partial charge in [0.25, 0.3) is 0 Å². The van der Waals surface area contributed by atoms with Crippen molar-refractivity contribution in [2.75, 3.05) is 18.0 Å². The number of aromatic nitrogens is 3. The molecule has 2 heterocycles. The minimum atomic E-state index is 0.146. The van der Waals surface area contributed by atoms with Crippen molar-refractivity contribution >= 4 is 33.5 Å². The molecule has 1 aliphatic rings. The Hall–Kier alpha value is -1.40. The van der Waals surface area contributed by atoms with Crippen molar-refractivity contribution in [3.63, 3.8) is 0 Å². The first-order chi connectivity index (χ1) is 10.2. The highest BCUT2D eigenvalue weighted by Gasteiger charge is 2.16. The van der Waals surface area contributed by atoms with Gasteiger partial charge in [0.15, 0.2) is 0 Å². The quantitative estimate of drug-likeness (QED) is 0.816. The second-order valence-corrected chi connectivity index (χ2v) is 5.96. The summed E-state index contributed by atoms with van der Waals surface area (Å²) in [5.74, 6) is 1.22. The molecule has 0 bridgehead atoms. The van der Waals surface area contributed by atoms with E-state index in [0.717, 1.165) is 30.4 Å². The highest BCUT2D eigenvalue weighted by atomic mass is 79.9. The van der Waals surface area contributed by atoms with E-state index in [1.54, 1.807) is 0 Å². The van der Waals surface area contributed by atoms with E-state index in [1.807, 2.05) is 24.3 Å². The van der Waals surface area contributed by atoms with Crippen molar-refractivity contribution in [2.24, 2.45) is 0 Å². The van der Waals surface area contributed by atoms with Gasteiger partial charge in [0.2, 0.25) is 11.2 Å². The summed E-state index contributed by atoms with van der Waals surface area (Å²) in [5, 5.41) is 0.146. The Morgan fingerprint density at radius 1 is 1.05 bits per heavy atom. The summed E-state index contributed by atoms with van der Waals surface area (Å²) < 4.78 is 6.54. The Labute approximate surface area is 136 Å². The largest absolute Gasteiger partial charge is 0.423 e. The highest BCUT2D eigenvalue weighted by molar-refractivity contribution is 9.10. The van der Waals surface area contributed by atoms with Crippen LogP contribution in [-0.4, -0.2) is 28.0 Å². The molecule has 2 aromatic rings. The number of hydrogen-bond acceptors (Lipinski definition) is 5. The van der Waals surface area contributed by atoms with Gasteiger partial charge in [-0.2, -0.15) is 15.0 Å².